The maximum atomic E-state index is 11.6. The van der Waals surface area contributed by atoms with Crippen LogP contribution < -0.4 is 0 Å². The quantitative estimate of drug-likeness (QED) is 0.715. The molecule has 14 heavy (non-hydrogen) atoms. The van der Waals surface area contributed by atoms with Gasteiger partial charge in [-0.05, 0) is 18.4 Å². The van der Waals surface area contributed by atoms with Crippen molar-refractivity contribution < 1.29 is 14.7 Å². The molecule has 1 fully saturated rings. The van der Waals surface area contributed by atoms with Crippen molar-refractivity contribution in [3.05, 3.63) is 23.5 Å². The van der Waals surface area contributed by atoms with Gasteiger partial charge >= 0.3 is 5.97 Å². The molecule has 2 atom stereocenters. The van der Waals surface area contributed by atoms with Crippen molar-refractivity contribution in [3.8, 4) is 0 Å². The van der Waals surface area contributed by atoms with Crippen molar-refractivity contribution in [1.82, 2.24) is 4.98 Å². The molecule has 0 aromatic carbocycles. The molecule has 0 spiro atoms. The molecule has 74 valence electrons. The number of rotatable bonds is 3. The number of H-pyrrole nitrogens is 1. The van der Waals surface area contributed by atoms with Crippen molar-refractivity contribution >= 4 is 11.8 Å². The van der Waals surface area contributed by atoms with Gasteiger partial charge < -0.3 is 10.1 Å². The minimum atomic E-state index is -1.03. The van der Waals surface area contributed by atoms with E-state index in [1.54, 1.807) is 0 Å². The third kappa shape index (κ3) is 1.43. The molecule has 2 N–H and O–H groups in total. The molecule has 0 bridgehead atoms. The molecule has 1 aliphatic carbocycles. The molecule has 0 saturated heterocycles. The molecule has 2 unspecified atom stereocenters. The summed E-state index contributed by atoms with van der Waals surface area (Å²) in [5, 5.41) is 8.64. The van der Waals surface area contributed by atoms with Gasteiger partial charge in [0, 0.05) is 17.7 Å². The van der Waals surface area contributed by atoms with Gasteiger partial charge in [0.1, 0.15) is 5.69 Å². The molecule has 2 rings (SSSR count). The Labute approximate surface area is 80.9 Å². The zero-order valence-corrected chi connectivity index (χ0v) is 7.78. The molecule has 0 amide bonds. The maximum absolute atomic E-state index is 11.6. The summed E-state index contributed by atoms with van der Waals surface area (Å²) in [5.74, 6) is -0.424. The minimum Gasteiger partial charge on any atom is -0.477 e. The lowest BCUT2D eigenvalue weighted by atomic mass is 10.1. The second-order valence-electron chi connectivity index (χ2n) is 3.79. The third-order valence-corrected chi connectivity index (χ3v) is 2.64. The Morgan fingerprint density at radius 3 is 2.64 bits per heavy atom. The number of hydrogen-bond acceptors (Lipinski definition) is 2. The summed E-state index contributed by atoms with van der Waals surface area (Å²) in [6.45, 7) is 2.02. The SMILES string of the molecule is CC1CC1C(=O)c1c[nH]c(C(=O)O)c1. The van der Waals surface area contributed by atoms with E-state index in [2.05, 4.69) is 4.98 Å². The Kier molecular flexibility index (Phi) is 1.91. The van der Waals surface area contributed by atoms with Crippen LogP contribution in [0.1, 0.15) is 34.2 Å². The first kappa shape index (κ1) is 8.99. The van der Waals surface area contributed by atoms with Gasteiger partial charge in [-0.25, -0.2) is 4.79 Å². The molecule has 1 saturated carbocycles. The number of carboxylic acids is 1. The van der Waals surface area contributed by atoms with E-state index in [1.807, 2.05) is 6.92 Å². The smallest absolute Gasteiger partial charge is 0.352 e. The van der Waals surface area contributed by atoms with E-state index < -0.39 is 5.97 Å². The second kappa shape index (κ2) is 2.97. The Morgan fingerprint density at radius 2 is 2.21 bits per heavy atom. The number of carboxylic acid groups (broad SMARTS) is 1. The lowest BCUT2D eigenvalue weighted by Gasteiger charge is -1.91. The van der Waals surface area contributed by atoms with Crippen molar-refractivity contribution in [2.45, 2.75) is 13.3 Å². The van der Waals surface area contributed by atoms with Crippen molar-refractivity contribution in [2.75, 3.05) is 0 Å². The van der Waals surface area contributed by atoms with Gasteiger partial charge in [0.25, 0.3) is 0 Å². The standard InChI is InChI=1S/C10H11NO3/c1-5-2-7(5)9(12)6-3-8(10(13)14)11-4-6/h3-5,7,11H,2H2,1H3,(H,13,14). The van der Waals surface area contributed by atoms with Crippen molar-refractivity contribution in [2.24, 2.45) is 11.8 Å². The Hall–Kier alpha value is -1.58. The highest BCUT2D eigenvalue weighted by Gasteiger charge is 2.39. The number of nitrogens with one attached hydrogen (secondary N) is 1. The van der Waals surface area contributed by atoms with Crippen LogP contribution in [0, 0.1) is 11.8 Å². The predicted octanol–water partition coefficient (Wildman–Crippen LogP) is 1.55. The van der Waals surface area contributed by atoms with Gasteiger partial charge in [-0.2, -0.15) is 0 Å². The Balaban J connectivity index is 2.17. The number of aromatic carboxylic acids is 1. The predicted molar refractivity (Wildman–Crippen MR) is 49.4 cm³/mol. The van der Waals surface area contributed by atoms with Crippen LogP contribution in [0.5, 0.6) is 0 Å². The van der Waals surface area contributed by atoms with E-state index in [1.165, 1.54) is 12.3 Å². The van der Waals surface area contributed by atoms with E-state index in [0.717, 1.165) is 6.42 Å². The highest BCUT2D eigenvalue weighted by atomic mass is 16.4. The third-order valence-electron chi connectivity index (χ3n) is 2.64. The van der Waals surface area contributed by atoms with E-state index in [0.29, 0.717) is 11.5 Å². The maximum Gasteiger partial charge on any atom is 0.352 e. The molecule has 0 aliphatic heterocycles. The van der Waals surface area contributed by atoms with E-state index in [4.69, 9.17) is 5.11 Å². The van der Waals surface area contributed by atoms with Gasteiger partial charge in [0.15, 0.2) is 5.78 Å². The number of carbonyl (C=O) groups is 2. The first-order chi connectivity index (χ1) is 6.59. The summed E-state index contributed by atoms with van der Waals surface area (Å²) >= 11 is 0. The first-order valence-corrected chi connectivity index (χ1v) is 4.55. The summed E-state index contributed by atoms with van der Waals surface area (Å²) in [5.41, 5.74) is 0.554. The normalized spacial score (nSPS) is 24.6. The summed E-state index contributed by atoms with van der Waals surface area (Å²) in [6, 6.07) is 1.40. The minimum absolute atomic E-state index is 0.0567. The number of hydrogen-bond donors (Lipinski definition) is 2. The molecule has 1 aromatic heterocycles. The van der Waals surface area contributed by atoms with E-state index >= 15 is 0 Å². The molecule has 1 heterocycles. The highest BCUT2D eigenvalue weighted by molar-refractivity contribution is 6.01. The van der Waals surface area contributed by atoms with E-state index in [9.17, 15) is 9.59 Å². The number of ketones is 1. The molecule has 4 heteroatoms. The fourth-order valence-electron chi connectivity index (χ4n) is 1.56. The van der Waals surface area contributed by atoms with Gasteiger partial charge in [0.05, 0.1) is 0 Å². The summed E-state index contributed by atoms with van der Waals surface area (Å²) in [7, 11) is 0. The summed E-state index contributed by atoms with van der Waals surface area (Å²) in [4.78, 5) is 24.7. The average Bonchev–Trinajstić information content (AvgIpc) is 2.69. The average molecular weight is 193 g/mol. The zero-order valence-electron chi connectivity index (χ0n) is 7.78. The number of aromatic nitrogens is 1. The Bertz CT molecular complexity index is 394. The van der Waals surface area contributed by atoms with Crippen LogP contribution in [-0.4, -0.2) is 21.8 Å². The molecule has 1 aromatic rings. The largest absolute Gasteiger partial charge is 0.477 e. The molecule has 4 nitrogen and oxygen atoms in total. The van der Waals surface area contributed by atoms with Crippen molar-refractivity contribution in [3.63, 3.8) is 0 Å². The van der Waals surface area contributed by atoms with Crippen molar-refractivity contribution in [1.29, 1.82) is 0 Å². The van der Waals surface area contributed by atoms with Crippen LogP contribution >= 0.6 is 0 Å². The molecular weight excluding hydrogens is 182 g/mol. The van der Waals surface area contributed by atoms with Gasteiger partial charge in [-0.1, -0.05) is 6.92 Å². The van der Waals surface area contributed by atoms with Gasteiger partial charge in [0.2, 0.25) is 0 Å². The summed E-state index contributed by atoms with van der Waals surface area (Å²) in [6.07, 6.45) is 2.39. The number of Topliss-reactive ketones (excluding diaryl/α,β-unsaturated/α-hetero) is 1. The van der Waals surface area contributed by atoms with Gasteiger partial charge in [-0.15, -0.1) is 0 Å². The first-order valence-electron chi connectivity index (χ1n) is 4.55. The monoisotopic (exact) mass is 193 g/mol. The topological polar surface area (TPSA) is 70.2 Å². The lowest BCUT2D eigenvalue weighted by Crippen LogP contribution is -2.01. The molecular formula is C10H11NO3. The van der Waals surface area contributed by atoms with Crippen LogP contribution in [0.15, 0.2) is 12.3 Å². The van der Waals surface area contributed by atoms with Crippen LogP contribution in [0.25, 0.3) is 0 Å². The fourth-order valence-corrected chi connectivity index (χ4v) is 1.56. The van der Waals surface area contributed by atoms with Crippen LogP contribution in [0.4, 0.5) is 0 Å². The van der Waals surface area contributed by atoms with E-state index in [-0.39, 0.29) is 17.4 Å². The lowest BCUT2D eigenvalue weighted by molar-refractivity contribution is 0.0691. The second-order valence-corrected chi connectivity index (χ2v) is 3.79. The molecule has 1 aliphatic rings. The number of carbonyl (C=O) groups excluding carboxylic acids is 1. The van der Waals surface area contributed by atoms with Crippen LogP contribution in [-0.2, 0) is 0 Å². The number of aromatic amines is 1. The fraction of sp³-hybridized carbons (Fsp3) is 0.400. The zero-order chi connectivity index (χ0) is 10.3. The highest BCUT2D eigenvalue weighted by Crippen LogP contribution is 2.40. The van der Waals surface area contributed by atoms with Crippen LogP contribution in [0.2, 0.25) is 0 Å². The Morgan fingerprint density at radius 1 is 1.57 bits per heavy atom. The van der Waals surface area contributed by atoms with Gasteiger partial charge in [-0.3, -0.25) is 4.79 Å². The molecule has 0 radical (unpaired) electrons. The van der Waals surface area contributed by atoms with Crippen LogP contribution in [0.3, 0.4) is 0 Å². The summed E-state index contributed by atoms with van der Waals surface area (Å²) < 4.78 is 0.